The first-order chi connectivity index (χ1) is 16.8. The SMILES string of the molecule is CO[C@H]1C[C@@H](S(=O)(=O)c2ccc(-c3ccc(F)c(F)c3)cc2C(F)(F)F)C[C@@H]1C(=O)NC1(C#N)CC1. The smallest absolute Gasteiger partial charge is 0.381 e. The Labute approximate surface area is 204 Å². The van der Waals surface area contributed by atoms with E-state index in [0.717, 1.165) is 30.3 Å². The summed E-state index contributed by atoms with van der Waals surface area (Å²) in [5.41, 5.74) is -2.66. The molecule has 0 radical (unpaired) electrons. The molecule has 2 saturated carbocycles. The lowest BCUT2D eigenvalue weighted by Gasteiger charge is -2.19. The van der Waals surface area contributed by atoms with Crippen molar-refractivity contribution in [2.75, 3.05) is 7.11 Å². The van der Waals surface area contributed by atoms with Gasteiger partial charge in [0.1, 0.15) is 5.54 Å². The molecule has 3 atom stereocenters. The highest BCUT2D eigenvalue weighted by molar-refractivity contribution is 7.92. The van der Waals surface area contributed by atoms with Crippen LogP contribution in [0.1, 0.15) is 31.2 Å². The summed E-state index contributed by atoms with van der Waals surface area (Å²) in [6, 6.07) is 7.02. The second-order valence-corrected chi connectivity index (χ2v) is 11.2. The number of benzene rings is 2. The molecule has 192 valence electrons. The van der Waals surface area contributed by atoms with Crippen LogP contribution in [-0.4, -0.2) is 38.3 Å². The Bertz CT molecular complexity index is 1350. The van der Waals surface area contributed by atoms with Gasteiger partial charge in [-0.1, -0.05) is 12.1 Å². The highest BCUT2D eigenvalue weighted by Gasteiger charge is 2.51. The lowest BCUT2D eigenvalue weighted by atomic mass is 10.0. The van der Waals surface area contributed by atoms with Crippen LogP contribution >= 0.6 is 0 Å². The lowest BCUT2D eigenvalue weighted by Crippen LogP contribution is -2.42. The van der Waals surface area contributed by atoms with Crippen molar-refractivity contribution in [3.05, 3.63) is 53.6 Å². The van der Waals surface area contributed by atoms with Crippen molar-refractivity contribution >= 4 is 15.7 Å². The largest absolute Gasteiger partial charge is 0.417 e. The molecule has 2 aromatic carbocycles. The van der Waals surface area contributed by atoms with Gasteiger partial charge in [0.05, 0.1) is 33.8 Å². The molecular formula is C24H21F5N2O4S. The van der Waals surface area contributed by atoms with E-state index in [2.05, 4.69) is 5.32 Å². The Kier molecular flexibility index (Phi) is 6.59. The van der Waals surface area contributed by atoms with Crippen LogP contribution in [0.2, 0.25) is 0 Å². The van der Waals surface area contributed by atoms with Gasteiger partial charge in [-0.05, 0) is 61.1 Å². The Morgan fingerprint density at radius 1 is 1.08 bits per heavy atom. The zero-order chi connectivity index (χ0) is 26.5. The number of ether oxygens (including phenoxy) is 1. The predicted molar refractivity (Wildman–Crippen MR) is 117 cm³/mol. The molecule has 12 heteroatoms. The fourth-order valence-electron chi connectivity index (χ4n) is 4.50. The van der Waals surface area contributed by atoms with E-state index in [9.17, 15) is 40.4 Å². The van der Waals surface area contributed by atoms with Crippen LogP contribution < -0.4 is 5.32 Å². The molecule has 0 aliphatic heterocycles. The van der Waals surface area contributed by atoms with Crippen molar-refractivity contribution in [2.45, 2.75) is 53.6 Å². The monoisotopic (exact) mass is 528 g/mol. The van der Waals surface area contributed by atoms with Crippen LogP contribution in [0.3, 0.4) is 0 Å². The summed E-state index contributed by atoms with van der Waals surface area (Å²) >= 11 is 0. The molecule has 0 bridgehead atoms. The zero-order valence-electron chi connectivity index (χ0n) is 18.9. The van der Waals surface area contributed by atoms with Gasteiger partial charge in [-0.15, -0.1) is 0 Å². The summed E-state index contributed by atoms with van der Waals surface area (Å²) in [6.07, 6.45) is -5.51. The van der Waals surface area contributed by atoms with E-state index in [4.69, 9.17) is 4.74 Å². The topological polar surface area (TPSA) is 96.3 Å². The molecule has 0 aromatic heterocycles. The molecule has 0 unspecified atom stereocenters. The normalized spacial score (nSPS) is 23.2. The summed E-state index contributed by atoms with van der Waals surface area (Å²) in [5, 5.41) is 10.5. The van der Waals surface area contributed by atoms with Crippen LogP contribution in [0.4, 0.5) is 22.0 Å². The highest BCUT2D eigenvalue weighted by Crippen LogP contribution is 2.43. The van der Waals surface area contributed by atoms with Crippen molar-refractivity contribution in [1.29, 1.82) is 5.26 Å². The van der Waals surface area contributed by atoms with Crippen LogP contribution in [0, 0.1) is 28.9 Å². The molecule has 6 nitrogen and oxygen atoms in total. The van der Waals surface area contributed by atoms with E-state index in [-0.39, 0.29) is 24.0 Å². The van der Waals surface area contributed by atoms with Crippen LogP contribution in [0.25, 0.3) is 11.1 Å². The third kappa shape index (κ3) is 4.82. The van der Waals surface area contributed by atoms with E-state index in [1.807, 2.05) is 6.07 Å². The number of methoxy groups -OCH3 is 1. The van der Waals surface area contributed by atoms with Gasteiger partial charge < -0.3 is 10.1 Å². The van der Waals surface area contributed by atoms with E-state index in [1.54, 1.807) is 0 Å². The first-order valence-electron chi connectivity index (χ1n) is 11.0. The molecule has 36 heavy (non-hydrogen) atoms. The number of carbonyl (C=O) groups excluding carboxylic acids is 1. The molecule has 1 amide bonds. The first kappa shape index (κ1) is 26.0. The highest BCUT2D eigenvalue weighted by atomic mass is 32.2. The number of hydrogen-bond donors (Lipinski definition) is 1. The van der Waals surface area contributed by atoms with Crippen LogP contribution in [0.5, 0.6) is 0 Å². The molecule has 2 fully saturated rings. The lowest BCUT2D eigenvalue weighted by molar-refractivity contribution is -0.139. The average molecular weight is 528 g/mol. The van der Waals surface area contributed by atoms with Gasteiger partial charge >= 0.3 is 6.18 Å². The zero-order valence-corrected chi connectivity index (χ0v) is 19.7. The standard InChI is InChI=1S/C24H21F5N2O4S/c1-35-20-11-15(10-16(20)22(32)31-23(12-30)6-7-23)36(33,34)21-5-3-13(8-17(21)24(27,28)29)14-2-4-18(25)19(26)9-14/h2-5,8-9,15-16,20H,6-7,10-11H2,1H3,(H,31,32)/t15-,16-,20-/m0/s1. The number of amides is 1. The van der Waals surface area contributed by atoms with Crippen LogP contribution in [0.15, 0.2) is 41.3 Å². The van der Waals surface area contributed by atoms with Gasteiger partial charge in [0.25, 0.3) is 0 Å². The summed E-state index contributed by atoms with van der Waals surface area (Å²) in [6.45, 7) is 0. The first-order valence-corrected chi connectivity index (χ1v) is 12.5. The molecular weight excluding hydrogens is 507 g/mol. The molecule has 1 N–H and O–H groups in total. The third-order valence-electron chi connectivity index (χ3n) is 6.71. The third-order valence-corrected chi connectivity index (χ3v) is 8.94. The number of nitriles is 1. The maximum Gasteiger partial charge on any atom is 0.417 e. The maximum atomic E-state index is 14.0. The summed E-state index contributed by atoms with van der Waals surface area (Å²) in [5.74, 6) is -3.98. The fourth-order valence-corrected chi connectivity index (χ4v) is 6.50. The van der Waals surface area contributed by atoms with Gasteiger partial charge in [-0.3, -0.25) is 4.79 Å². The van der Waals surface area contributed by atoms with Crippen molar-refractivity contribution < 1.29 is 39.9 Å². The average Bonchev–Trinajstić information content (AvgIpc) is 3.45. The Balaban J connectivity index is 1.67. The molecule has 2 aromatic rings. The predicted octanol–water partition coefficient (Wildman–Crippen LogP) is 4.39. The summed E-state index contributed by atoms with van der Waals surface area (Å²) in [7, 11) is -3.32. The maximum absolute atomic E-state index is 14.0. The number of hydrogen-bond acceptors (Lipinski definition) is 5. The molecule has 0 spiro atoms. The minimum Gasteiger partial charge on any atom is -0.381 e. The van der Waals surface area contributed by atoms with Gasteiger partial charge in [0, 0.05) is 7.11 Å². The van der Waals surface area contributed by atoms with Gasteiger partial charge in [-0.2, -0.15) is 18.4 Å². The van der Waals surface area contributed by atoms with Gasteiger partial charge in [-0.25, -0.2) is 17.2 Å². The number of rotatable bonds is 6. The number of nitrogens with one attached hydrogen (secondary N) is 1. The van der Waals surface area contributed by atoms with Crippen molar-refractivity contribution in [1.82, 2.24) is 5.32 Å². The van der Waals surface area contributed by atoms with E-state index >= 15 is 0 Å². The molecule has 2 aliphatic carbocycles. The second-order valence-electron chi connectivity index (χ2n) is 9.04. The van der Waals surface area contributed by atoms with E-state index < -0.39 is 66.8 Å². The number of nitrogens with zero attached hydrogens (tertiary/aromatic N) is 1. The van der Waals surface area contributed by atoms with Crippen molar-refractivity contribution in [3.8, 4) is 17.2 Å². The van der Waals surface area contributed by atoms with Crippen LogP contribution in [-0.2, 0) is 25.5 Å². The Morgan fingerprint density at radius 2 is 1.72 bits per heavy atom. The molecule has 0 saturated heterocycles. The minimum atomic E-state index is -5.07. The molecule has 4 rings (SSSR count). The second kappa shape index (κ2) is 9.12. The number of halogens is 5. The molecule has 0 heterocycles. The quantitative estimate of drug-likeness (QED) is 0.561. The summed E-state index contributed by atoms with van der Waals surface area (Å²) in [4.78, 5) is 11.8. The minimum absolute atomic E-state index is 0.0631. The van der Waals surface area contributed by atoms with E-state index in [1.165, 1.54) is 7.11 Å². The van der Waals surface area contributed by atoms with Crippen molar-refractivity contribution in [2.24, 2.45) is 5.92 Å². The van der Waals surface area contributed by atoms with Gasteiger partial charge in [0.15, 0.2) is 21.5 Å². The van der Waals surface area contributed by atoms with Crippen molar-refractivity contribution in [3.63, 3.8) is 0 Å². The number of alkyl halides is 3. The fraction of sp³-hybridized carbons (Fsp3) is 0.417. The van der Waals surface area contributed by atoms with Gasteiger partial charge in [0.2, 0.25) is 5.91 Å². The van der Waals surface area contributed by atoms with E-state index in [0.29, 0.717) is 18.9 Å². The number of carbonyl (C=O) groups is 1. The summed E-state index contributed by atoms with van der Waals surface area (Å²) < 4.78 is 101. The molecule has 2 aliphatic rings. The Morgan fingerprint density at radius 3 is 2.28 bits per heavy atom. The Hall–Kier alpha value is -3.04. The number of sulfone groups is 1.